The molecule has 0 aromatic heterocycles. The van der Waals surface area contributed by atoms with Crippen molar-refractivity contribution >= 4 is 31.2 Å². The van der Waals surface area contributed by atoms with E-state index in [0.29, 0.717) is 5.92 Å². The van der Waals surface area contributed by atoms with Crippen molar-refractivity contribution in [2.24, 2.45) is 17.3 Å². The number of hydrogen-bond acceptors (Lipinski definition) is 3. The fourth-order valence-corrected chi connectivity index (χ4v) is 5.15. The minimum absolute atomic E-state index is 0.0220. The van der Waals surface area contributed by atoms with Crippen LogP contribution in [0.2, 0.25) is 0 Å². The molecule has 0 aliphatic heterocycles. The van der Waals surface area contributed by atoms with Gasteiger partial charge in [0.2, 0.25) is 5.91 Å². The number of fused-ring (bicyclic) bond motifs is 2. The molecule has 2 bridgehead atoms. The summed E-state index contributed by atoms with van der Waals surface area (Å²) in [5, 5.41) is 3.24. The van der Waals surface area contributed by atoms with Gasteiger partial charge in [0.1, 0.15) is 0 Å². The number of thiol groups is 2. The summed E-state index contributed by atoms with van der Waals surface area (Å²) in [5.74, 6) is 1.54. The Balaban J connectivity index is 1.73. The molecule has 1 amide bonds. The first-order chi connectivity index (χ1) is 10.4. The second kappa shape index (κ2) is 6.12. The molecule has 2 saturated carbocycles. The summed E-state index contributed by atoms with van der Waals surface area (Å²) >= 11 is 8.85. The SMILES string of the molecule is CC(NC(=O)C1(C)CC2CCCC1C2)c1ccc(S)cc1S. The van der Waals surface area contributed by atoms with E-state index in [4.69, 9.17) is 0 Å². The molecule has 120 valence electrons. The Morgan fingerprint density at radius 2 is 2.14 bits per heavy atom. The first-order valence-electron chi connectivity index (χ1n) is 8.23. The van der Waals surface area contributed by atoms with Crippen LogP contribution in [0.25, 0.3) is 0 Å². The lowest BCUT2D eigenvalue weighted by Gasteiger charge is -2.31. The van der Waals surface area contributed by atoms with Crippen LogP contribution < -0.4 is 5.32 Å². The van der Waals surface area contributed by atoms with Crippen LogP contribution in [0.4, 0.5) is 0 Å². The second-order valence-electron chi connectivity index (χ2n) is 7.29. The van der Waals surface area contributed by atoms with Crippen molar-refractivity contribution < 1.29 is 4.79 Å². The molecule has 0 saturated heterocycles. The van der Waals surface area contributed by atoms with Gasteiger partial charge in [-0.2, -0.15) is 0 Å². The maximum atomic E-state index is 12.9. The highest BCUT2D eigenvalue weighted by atomic mass is 32.1. The first-order valence-corrected chi connectivity index (χ1v) is 9.12. The molecule has 1 aromatic rings. The summed E-state index contributed by atoms with van der Waals surface area (Å²) in [5.41, 5.74) is 0.870. The molecule has 0 heterocycles. The van der Waals surface area contributed by atoms with Gasteiger partial charge in [-0.25, -0.2) is 0 Å². The number of carbonyl (C=O) groups excluding carboxylic acids is 1. The lowest BCUT2D eigenvalue weighted by atomic mass is 9.76. The molecule has 2 fully saturated rings. The molecule has 3 rings (SSSR count). The summed E-state index contributed by atoms with van der Waals surface area (Å²) in [4.78, 5) is 14.7. The van der Waals surface area contributed by atoms with Crippen molar-refractivity contribution in [3.63, 3.8) is 0 Å². The maximum Gasteiger partial charge on any atom is 0.226 e. The molecular formula is C18H25NOS2. The van der Waals surface area contributed by atoms with Crippen molar-refractivity contribution in [1.29, 1.82) is 0 Å². The van der Waals surface area contributed by atoms with E-state index in [0.717, 1.165) is 27.7 Å². The van der Waals surface area contributed by atoms with Crippen LogP contribution in [0.15, 0.2) is 28.0 Å². The molecule has 4 unspecified atom stereocenters. The minimum Gasteiger partial charge on any atom is -0.349 e. The van der Waals surface area contributed by atoms with Gasteiger partial charge in [-0.1, -0.05) is 25.8 Å². The predicted octanol–water partition coefficient (Wildman–Crippen LogP) is 4.66. The zero-order chi connectivity index (χ0) is 15.9. The third kappa shape index (κ3) is 2.92. The lowest BCUT2D eigenvalue weighted by Crippen LogP contribution is -2.42. The first kappa shape index (κ1) is 16.3. The van der Waals surface area contributed by atoms with E-state index in [1.807, 2.05) is 25.1 Å². The van der Waals surface area contributed by atoms with Crippen molar-refractivity contribution in [3.8, 4) is 0 Å². The Morgan fingerprint density at radius 3 is 2.82 bits per heavy atom. The van der Waals surface area contributed by atoms with E-state index in [2.05, 4.69) is 37.5 Å². The molecule has 0 spiro atoms. The monoisotopic (exact) mass is 335 g/mol. The Labute approximate surface area is 144 Å². The van der Waals surface area contributed by atoms with Gasteiger partial charge in [-0.05, 0) is 55.7 Å². The van der Waals surface area contributed by atoms with Gasteiger partial charge in [-0.3, -0.25) is 4.79 Å². The molecule has 0 radical (unpaired) electrons. The number of hydrogen-bond donors (Lipinski definition) is 3. The van der Waals surface area contributed by atoms with Gasteiger partial charge in [-0.15, -0.1) is 25.3 Å². The van der Waals surface area contributed by atoms with Crippen molar-refractivity contribution in [3.05, 3.63) is 23.8 Å². The van der Waals surface area contributed by atoms with E-state index < -0.39 is 0 Å². The largest absolute Gasteiger partial charge is 0.349 e. The number of rotatable bonds is 3. The predicted molar refractivity (Wildman–Crippen MR) is 95.7 cm³/mol. The average molecular weight is 336 g/mol. The Hall–Kier alpha value is -0.610. The molecule has 1 N–H and O–H groups in total. The van der Waals surface area contributed by atoms with Crippen LogP contribution in [0.3, 0.4) is 0 Å². The second-order valence-corrected chi connectivity index (χ2v) is 8.29. The Kier molecular flexibility index (Phi) is 4.52. The van der Waals surface area contributed by atoms with E-state index >= 15 is 0 Å². The zero-order valence-corrected chi connectivity index (χ0v) is 15.1. The van der Waals surface area contributed by atoms with E-state index in [1.165, 1.54) is 25.7 Å². The summed E-state index contributed by atoms with van der Waals surface area (Å²) in [6.07, 6.45) is 6.10. The van der Waals surface area contributed by atoms with E-state index in [9.17, 15) is 4.79 Å². The summed E-state index contributed by atoms with van der Waals surface area (Å²) < 4.78 is 0. The number of nitrogens with one attached hydrogen (secondary N) is 1. The zero-order valence-electron chi connectivity index (χ0n) is 13.3. The molecule has 1 aromatic carbocycles. The molecule has 4 atom stereocenters. The van der Waals surface area contributed by atoms with Gasteiger partial charge >= 0.3 is 0 Å². The van der Waals surface area contributed by atoms with Crippen molar-refractivity contribution in [1.82, 2.24) is 5.32 Å². The Bertz CT molecular complexity index is 588. The summed E-state index contributed by atoms with van der Waals surface area (Å²) in [6, 6.07) is 5.86. The number of benzene rings is 1. The summed E-state index contributed by atoms with van der Waals surface area (Å²) in [7, 11) is 0. The van der Waals surface area contributed by atoms with Crippen LogP contribution in [0.5, 0.6) is 0 Å². The van der Waals surface area contributed by atoms with Crippen LogP contribution in [-0.4, -0.2) is 5.91 Å². The van der Waals surface area contributed by atoms with E-state index in [-0.39, 0.29) is 17.4 Å². The van der Waals surface area contributed by atoms with Crippen LogP contribution in [0.1, 0.15) is 57.6 Å². The molecule has 22 heavy (non-hydrogen) atoms. The molecule has 4 heteroatoms. The highest BCUT2D eigenvalue weighted by Gasteiger charge is 2.50. The molecule has 2 aliphatic rings. The quantitative estimate of drug-likeness (QED) is 0.689. The van der Waals surface area contributed by atoms with Crippen molar-refractivity contribution in [2.75, 3.05) is 0 Å². The van der Waals surface area contributed by atoms with Gasteiger partial charge in [0.25, 0.3) is 0 Å². The van der Waals surface area contributed by atoms with Crippen molar-refractivity contribution in [2.45, 2.75) is 61.8 Å². The number of amides is 1. The van der Waals surface area contributed by atoms with Crippen LogP contribution in [0, 0.1) is 17.3 Å². The molecular weight excluding hydrogens is 310 g/mol. The highest BCUT2D eigenvalue weighted by molar-refractivity contribution is 7.81. The minimum atomic E-state index is -0.185. The van der Waals surface area contributed by atoms with Gasteiger partial charge < -0.3 is 5.32 Å². The molecule has 2 aliphatic carbocycles. The topological polar surface area (TPSA) is 29.1 Å². The van der Waals surface area contributed by atoms with Crippen LogP contribution >= 0.6 is 25.3 Å². The standard InChI is InChI=1S/C18H25NOS2/c1-11(15-7-6-14(21)9-16(15)22)19-17(20)18(2)10-12-4-3-5-13(18)8-12/h6-7,9,11-13,21-22H,3-5,8,10H2,1-2H3,(H,19,20). The molecule has 2 nitrogen and oxygen atoms in total. The third-order valence-electron chi connectivity index (χ3n) is 5.74. The Morgan fingerprint density at radius 1 is 1.36 bits per heavy atom. The number of carbonyl (C=O) groups is 1. The van der Waals surface area contributed by atoms with E-state index in [1.54, 1.807) is 0 Å². The maximum absolute atomic E-state index is 12.9. The van der Waals surface area contributed by atoms with Gasteiger partial charge in [0.05, 0.1) is 6.04 Å². The lowest BCUT2D eigenvalue weighted by molar-refractivity contribution is -0.132. The fourth-order valence-electron chi connectivity index (χ4n) is 4.44. The average Bonchev–Trinajstić information content (AvgIpc) is 2.69. The fraction of sp³-hybridized carbons (Fsp3) is 0.611. The highest BCUT2D eigenvalue weighted by Crippen LogP contribution is 2.53. The van der Waals surface area contributed by atoms with Gasteiger partial charge in [0.15, 0.2) is 0 Å². The van der Waals surface area contributed by atoms with Crippen LogP contribution in [-0.2, 0) is 4.79 Å². The summed E-state index contributed by atoms with van der Waals surface area (Å²) in [6.45, 7) is 4.21. The smallest absolute Gasteiger partial charge is 0.226 e. The van der Waals surface area contributed by atoms with Gasteiger partial charge in [0, 0.05) is 15.2 Å². The third-order valence-corrected chi connectivity index (χ3v) is 6.41. The normalized spacial score (nSPS) is 31.8.